The number of furan rings is 1. The Morgan fingerprint density at radius 3 is 2.67 bits per heavy atom. The van der Waals surface area contributed by atoms with Crippen LogP contribution in [0.3, 0.4) is 0 Å². The van der Waals surface area contributed by atoms with Gasteiger partial charge in [0.2, 0.25) is 5.91 Å². The summed E-state index contributed by atoms with van der Waals surface area (Å²) in [5.74, 6) is 0.176. The summed E-state index contributed by atoms with van der Waals surface area (Å²) >= 11 is 0. The van der Waals surface area contributed by atoms with Crippen molar-refractivity contribution in [3.8, 4) is 0 Å². The number of rotatable bonds is 4. The summed E-state index contributed by atoms with van der Waals surface area (Å²) in [6.45, 7) is 2.74. The van der Waals surface area contributed by atoms with Crippen LogP contribution in [0.4, 0.5) is 5.69 Å². The minimum absolute atomic E-state index is 0.0721. The highest BCUT2D eigenvalue weighted by Gasteiger charge is 2.24. The molecule has 4 rings (SSSR count). The van der Waals surface area contributed by atoms with Crippen molar-refractivity contribution in [2.24, 2.45) is 0 Å². The van der Waals surface area contributed by atoms with Crippen LogP contribution in [0.2, 0.25) is 0 Å². The van der Waals surface area contributed by atoms with E-state index in [-0.39, 0.29) is 11.8 Å². The third-order valence-corrected chi connectivity index (χ3v) is 4.68. The molecule has 7 heteroatoms. The molecule has 0 saturated carbocycles. The number of hydrogen-bond donors (Lipinski definition) is 1. The third-order valence-electron chi connectivity index (χ3n) is 4.68. The van der Waals surface area contributed by atoms with Gasteiger partial charge in [0, 0.05) is 37.8 Å². The summed E-state index contributed by atoms with van der Waals surface area (Å²) in [5, 5.41) is 3.89. The number of benzene rings is 1. The average Bonchev–Trinajstić information content (AvgIpc) is 3.23. The van der Waals surface area contributed by atoms with Gasteiger partial charge in [0.1, 0.15) is 0 Å². The van der Waals surface area contributed by atoms with E-state index >= 15 is 0 Å². The summed E-state index contributed by atoms with van der Waals surface area (Å²) in [7, 11) is 0. The highest BCUT2D eigenvalue weighted by molar-refractivity contribution is 6.01. The van der Waals surface area contributed by atoms with Crippen molar-refractivity contribution in [3.63, 3.8) is 0 Å². The number of piperazine rings is 1. The van der Waals surface area contributed by atoms with E-state index in [4.69, 9.17) is 4.42 Å². The number of nitrogens with one attached hydrogen (secondary N) is 1. The van der Waals surface area contributed by atoms with E-state index in [0.717, 1.165) is 16.6 Å². The molecule has 1 saturated heterocycles. The number of pyridine rings is 1. The van der Waals surface area contributed by atoms with Gasteiger partial charge in [0.25, 0.3) is 5.91 Å². The van der Waals surface area contributed by atoms with Crippen molar-refractivity contribution in [1.29, 1.82) is 0 Å². The molecular formula is C20H20N4O3. The van der Waals surface area contributed by atoms with Gasteiger partial charge in [0.15, 0.2) is 5.76 Å². The molecule has 1 aliphatic heterocycles. The number of amides is 2. The molecule has 27 heavy (non-hydrogen) atoms. The predicted molar refractivity (Wildman–Crippen MR) is 101 cm³/mol. The maximum atomic E-state index is 12.5. The first-order valence-electron chi connectivity index (χ1n) is 8.89. The number of fused-ring (bicyclic) bond motifs is 1. The first-order chi connectivity index (χ1) is 13.2. The number of aromatic nitrogens is 1. The maximum Gasteiger partial charge on any atom is 0.289 e. The first-order valence-corrected chi connectivity index (χ1v) is 8.89. The summed E-state index contributed by atoms with van der Waals surface area (Å²) < 4.78 is 5.17. The summed E-state index contributed by atoms with van der Waals surface area (Å²) in [5.41, 5.74) is 1.61. The molecule has 0 bridgehead atoms. The first kappa shape index (κ1) is 17.2. The minimum atomic E-state index is -0.104. The quantitative estimate of drug-likeness (QED) is 0.768. The molecule has 3 heterocycles. The fourth-order valence-corrected chi connectivity index (χ4v) is 3.27. The predicted octanol–water partition coefficient (Wildman–Crippen LogP) is 2.22. The van der Waals surface area contributed by atoms with E-state index in [1.807, 2.05) is 35.2 Å². The summed E-state index contributed by atoms with van der Waals surface area (Å²) in [6, 6.07) is 12.8. The van der Waals surface area contributed by atoms with Crippen molar-refractivity contribution < 1.29 is 14.0 Å². The van der Waals surface area contributed by atoms with Gasteiger partial charge in [0.05, 0.1) is 24.0 Å². The summed E-state index contributed by atoms with van der Waals surface area (Å²) in [4.78, 5) is 32.8. The van der Waals surface area contributed by atoms with Crippen molar-refractivity contribution in [1.82, 2.24) is 14.8 Å². The van der Waals surface area contributed by atoms with Crippen LogP contribution in [0.25, 0.3) is 10.9 Å². The van der Waals surface area contributed by atoms with Crippen LogP contribution in [0.1, 0.15) is 10.6 Å². The van der Waals surface area contributed by atoms with Crippen LogP contribution in [-0.4, -0.2) is 59.3 Å². The van der Waals surface area contributed by atoms with Gasteiger partial charge >= 0.3 is 0 Å². The Morgan fingerprint density at radius 2 is 1.89 bits per heavy atom. The molecular weight excluding hydrogens is 344 g/mol. The van der Waals surface area contributed by atoms with E-state index in [9.17, 15) is 9.59 Å². The molecule has 1 aromatic carbocycles. The van der Waals surface area contributed by atoms with Crippen LogP contribution in [-0.2, 0) is 4.79 Å². The molecule has 3 aromatic rings. The average molecular weight is 364 g/mol. The standard InChI is InChI=1S/C20H20N4O3/c25-19(22-17-6-1-5-16-15(17)4-2-8-21-16)14-23-9-11-24(12-10-23)20(26)18-7-3-13-27-18/h1-8,13H,9-12,14H2,(H,22,25). The SMILES string of the molecule is O=C(CN1CCN(C(=O)c2ccco2)CC1)Nc1cccc2ncccc12. The number of nitrogens with zero attached hydrogens (tertiary/aromatic N) is 3. The van der Waals surface area contributed by atoms with E-state index in [0.29, 0.717) is 38.5 Å². The van der Waals surface area contributed by atoms with Crippen LogP contribution in [0.5, 0.6) is 0 Å². The smallest absolute Gasteiger partial charge is 0.289 e. The molecule has 0 unspecified atom stereocenters. The Hall–Kier alpha value is -3.19. The third kappa shape index (κ3) is 3.83. The molecule has 0 aliphatic carbocycles. The molecule has 138 valence electrons. The van der Waals surface area contributed by atoms with Gasteiger partial charge in [-0.2, -0.15) is 0 Å². The maximum absolute atomic E-state index is 12.5. The van der Waals surface area contributed by atoms with Crippen molar-refractivity contribution in [2.45, 2.75) is 0 Å². The van der Waals surface area contributed by atoms with Gasteiger partial charge in [-0.3, -0.25) is 19.5 Å². The van der Waals surface area contributed by atoms with Gasteiger partial charge < -0.3 is 14.6 Å². The zero-order valence-electron chi connectivity index (χ0n) is 14.8. The molecule has 0 atom stereocenters. The topological polar surface area (TPSA) is 78.7 Å². The Balaban J connectivity index is 1.32. The highest BCUT2D eigenvalue weighted by atomic mass is 16.3. The van der Waals surface area contributed by atoms with Gasteiger partial charge in [-0.05, 0) is 36.4 Å². The van der Waals surface area contributed by atoms with E-state index in [1.165, 1.54) is 6.26 Å². The lowest BCUT2D eigenvalue weighted by molar-refractivity contribution is -0.117. The fourth-order valence-electron chi connectivity index (χ4n) is 3.27. The molecule has 0 radical (unpaired) electrons. The van der Waals surface area contributed by atoms with Crippen LogP contribution < -0.4 is 5.32 Å². The van der Waals surface area contributed by atoms with Crippen LogP contribution in [0.15, 0.2) is 59.3 Å². The Kier molecular flexibility index (Phi) is 4.84. The Bertz CT molecular complexity index is 942. The second-order valence-corrected chi connectivity index (χ2v) is 6.47. The second-order valence-electron chi connectivity index (χ2n) is 6.47. The molecule has 1 fully saturated rings. The molecule has 1 N–H and O–H groups in total. The molecule has 2 aromatic heterocycles. The van der Waals surface area contributed by atoms with Crippen molar-refractivity contribution in [2.75, 3.05) is 38.0 Å². The number of hydrogen-bond acceptors (Lipinski definition) is 5. The fraction of sp³-hybridized carbons (Fsp3) is 0.250. The Labute approximate surface area is 156 Å². The zero-order chi connectivity index (χ0) is 18.6. The lowest BCUT2D eigenvalue weighted by atomic mass is 10.2. The molecule has 2 amide bonds. The number of anilines is 1. The second kappa shape index (κ2) is 7.59. The lowest BCUT2D eigenvalue weighted by Crippen LogP contribution is -2.50. The van der Waals surface area contributed by atoms with E-state index in [1.54, 1.807) is 23.2 Å². The van der Waals surface area contributed by atoms with Gasteiger partial charge in [-0.25, -0.2) is 0 Å². The monoisotopic (exact) mass is 364 g/mol. The molecule has 1 aliphatic rings. The van der Waals surface area contributed by atoms with Gasteiger partial charge in [-0.1, -0.05) is 6.07 Å². The van der Waals surface area contributed by atoms with E-state index in [2.05, 4.69) is 10.3 Å². The summed E-state index contributed by atoms with van der Waals surface area (Å²) in [6.07, 6.45) is 3.23. The van der Waals surface area contributed by atoms with Crippen LogP contribution >= 0.6 is 0 Å². The zero-order valence-corrected chi connectivity index (χ0v) is 14.8. The van der Waals surface area contributed by atoms with Crippen molar-refractivity contribution >= 4 is 28.4 Å². The lowest BCUT2D eigenvalue weighted by Gasteiger charge is -2.33. The molecule has 0 spiro atoms. The number of carbonyl (C=O) groups is 2. The Morgan fingerprint density at radius 1 is 1.04 bits per heavy atom. The number of carbonyl (C=O) groups excluding carboxylic acids is 2. The van der Waals surface area contributed by atoms with Crippen LogP contribution in [0, 0.1) is 0 Å². The normalized spacial score (nSPS) is 15.0. The highest BCUT2D eigenvalue weighted by Crippen LogP contribution is 2.21. The van der Waals surface area contributed by atoms with E-state index < -0.39 is 0 Å². The van der Waals surface area contributed by atoms with Gasteiger partial charge in [-0.15, -0.1) is 0 Å². The molecule has 7 nitrogen and oxygen atoms in total. The minimum Gasteiger partial charge on any atom is -0.459 e. The van der Waals surface area contributed by atoms with Crippen molar-refractivity contribution in [3.05, 3.63) is 60.7 Å². The largest absolute Gasteiger partial charge is 0.459 e.